The van der Waals surface area contributed by atoms with Crippen LogP contribution in [0.5, 0.6) is 0 Å². The molecule has 5 nitrogen and oxygen atoms in total. The van der Waals surface area contributed by atoms with Crippen molar-refractivity contribution in [3.8, 4) is 0 Å². The summed E-state index contributed by atoms with van der Waals surface area (Å²) in [4.78, 5) is 18.4. The minimum atomic E-state index is -0.118. The van der Waals surface area contributed by atoms with Crippen LogP contribution in [0.3, 0.4) is 0 Å². The highest BCUT2D eigenvalue weighted by Gasteiger charge is 2.24. The average Bonchev–Trinajstić information content (AvgIpc) is 2.63. The molecule has 25 heavy (non-hydrogen) atoms. The molecule has 1 aliphatic rings. The van der Waals surface area contributed by atoms with E-state index in [0.29, 0.717) is 36.3 Å². The van der Waals surface area contributed by atoms with Crippen LogP contribution in [0.15, 0.2) is 42.6 Å². The van der Waals surface area contributed by atoms with E-state index in [0.717, 1.165) is 17.8 Å². The molecule has 0 bridgehead atoms. The summed E-state index contributed by atoms with van der Waals surface area (Å²) < 4.78 is 5.81. The molecule has 7 heteroatoms. The number of benzene rings is 1. The van der Waals surface area contributed by atoms with Crippen LogP contribution in [0.2, 0.25) is 10.0 Å². The second-order valence-corrected chi connectivity index (χ2v) is 6.68. The number of halogens is 2. The van der Waals surface area contributed by atoms with E-state index in [9.17, 15) is 4.79 Å². The maximum atomic E-state index is 12.2. The minimum absolute atomic E-state index is 0.0274. The van der Waals surface area contributed by atoms with Gasteiger partial charge in [0.2, 0.25) is 5.91 Å². The number of morpholine rings is 1. The molecule has 132 valence electrons. The van der Waals surface area contributed by atoms with Crippen LogP contribution in [-0.2, 0) is 16.1 Å². The Bertz CT molecular complexity index is 728. The van der Waals surface area contributed by atoms with Gasteiger partial charge in [-0.3, -0.25) is 14.7 Å². The number of carbonyl (C=O) groups is 1. The van der Waals surface area contributed by atoms with Gasteiger partial charge in [-0.1, -0.05) is 35.3 Å². The Kier molecular flexibility index (Phi) is 6.26. The number of hydrogen-bond acceptors (Lipinski definition) is 4. The summed E-state index contributed by atoms with van der Waals surface area (Å²) in [6.45, 7) is 2.68. The van der Waals surface area contributed by atoms with Crippen molar-refractivity contribution in [1.29, 1.82) is 0 Å². The van der Waals surface area contributed by atoms with Gasteiger partial charge in [0.15, 0.2) is 0 Å². The third-order valence-corrected chi connectivity index (χ3v) is 4.77. The molecule has 0 spiro atoms. The lowest BCUT2D eigenvalue weighted by Gasteiger charge is -2.32. The molecular weight excluding hydrogens is 361 g/mol. The quantitative estimate of drug-likeness (QED) is 0.866. The highest BCUT2D eigenvalue weighted by atomic mass is 35.5. The Morgan fingerprint density at radius 1 is 1.28 bits per heavy atom. The van der Waals surface area contributed by atoms with Crippen LogP contribution in [0, 0.1) is 0 Å². The van der Waals surface area contributed by atoms with Gasteiger partial charge in [0, 0.05) is 19.3 Å². The average molecular weight is 380 g/mol. The monoisotopic (exact) mass is 379 g/mol. The van der Waals surface area contributed by atoms with Gasteiger partial charge >= 0.3 is 0 Å². The fourth-order valence-corrected chi connectivity index (χ4v) is 3.02. The van der Waals surface area contributed by atoms with Crippen LogP contribution in [0.1, 0.15) is 17.4 Å². The molecule has 1 atom stereocenters. The largest absolute Gasteiger partial charge is 0.371 e. The Labute approximate surface area is 156 Å². The molecule has 1 fully saturated rings. The van der Waals surface area contributed by atoms with Gasteiger partial charge < -0.3 is 10.1 Å². The topological polar surface area (TPSA) is 54.5 Å². The highest BCUT2D eigenvalue weighted by molar-refractivity contribution is 6.42. The van der Waals surface area contributed by atoms with Crippen molar-refractivity contribution >= 4 is 29.1 Å². The maximum Gasteiger partial charge on any atom is 0.234 e. The Balaban J connectivity index is 1.52. The summed E-state index contributed by atoms with van der Waals surface area (Å²) in [5, 5.41) is 3.92. The first kappa shape index (κ1) is 18.1. The van der Waals surface area contributed by atoms with E-state index in [1.165, 1.54) is 0 Å². The third kappa shape index (κ3) is 5.16. The van der Waals surface area contributed by atoms with Gasteiger partial charge in [0.1, 0.15) is 0 Å². The van der Waals surface area contributed by atoms with Gasteiger partial charge in [-0.05, 0) is 29.8 Å². The van der Waals surface area contributed by atoms with E-state index < -0.39 is 0 Å². The molecule has 2 aromatic rings. The molecule has 0 radical (unpaired) electrons. The SMILES string of the molecule is O=C(CN1CCOC(c2ccc(Cl)c(Cl)c2)C1)NCc1ccccn1. The number of hydrogen-bond donors (Lipinski definition) is 1. The number of aromatic nitrogens is 1. The van der Waals surface area contributed by atoms with E-state index >= 15 is 0 Å². The van der Waals surface area contributed by atoms with Crippen molar-refractivity contribution in [2.24, 2.45) is 0 Å². The lowest BCUT2D eigenvalue weighted by molar-refractivity contribution is -0.124. The summed E-state index contributed by atoms with van der Waals surface area (Å²) >= 11 is 12.0. The number of amides is 1. The second-order valence-electron chi connectivity index (χ2n) is 5.87. The summed E-state index contributed by atoms with van der Waals surface area (Å²) in [6, 6.07) is 11.1. The molecule has 1 aromatic carbocycles. The zero-order valence-corrected chi connectivity index (χ0v) is 15.1. The first-order valence-corrected chi connectivity index (χ1v) is 8.83. The molecule has 1 saturated heterocycles. The van der Waals surface area contributed by atoms with Crippen molar-refractivity contribution in [1.82, 2.24) is 15.2 Å². The number of ether oxygens (including phenoxy) is 1. The van der Waals surface area contributed by atoms with Crippen LogP contribution in [0.4, 0.5) is 0 Å². The molecule has 0 aliphatic carbocycles. The Hall–Kier alpha value is -1.66. The molecule has 2 heterocycles. The van der Waals surface area contributed by atoms with E-state index in [4.69, 9.17) is 27.9 Å². The van der Waals surface area contributed by atoms with Gasteiger partial charge in [-0.25, -0.2) is 0 Å². The molecule has 1 unspecified atom stereocenters. The standard InChI is InChI=1S/C18H19Cl2N3O2/c19-15-5-4-13(9-16(15)20)17-11-23(7-8-25-17)12-18(24)22-10-14-3-1-2-6-21-14/h1-6,9,17H,7-8,10-12H2,(H,22,24). The Morgan fingerprint density at radius 3 is 2.92 bits per heavy atom. The third-order valence-electron chi connectivity index (χ3n) is 4.03. The summed E-state index contributed by atoms with van der Waals surface area (Å²) in [7, 11) is 0. The number of pyridine rings is 1. The molecule has 1 N–H and O–H groups in total. The lowest BCUT2D eigenvalue weighted by atomic mass is 10.1. The van der Waals surface area contributed by atoms with E-state index in [1.807, 2.05) is 30.3 Å². The highest BCUT2D eigenvalue weighted by Crippen LogP contribution is 2.28. The van der Waals surface area contributed by atoms with Crippen LogP contribution >= 0.6 is 23.2 Å². The fraction of sp³-hybridized carbons (Fsp3) is 0.333. The van der Waals surface area contributed by atoms with E-state index in [-0.39, 0.29) is 12.0 Å². The van der Waals surface area contributed by atoms with Crippen molar-refractivity contribution in [2.75, 3.05) is 26.2 Å². The van der Waals surface area contributed by atoms with Crippen LogP contribution < -0.4 is 5.32 Å². The molecule has 3 rings (SSSR count). The molecule has 0 saturated carbocycles. The van der Waals surface area contributed by atoms with Crippen molar-refractivity contribution in [3.05, 3.63) is 63.9 Å². The lowest BCUT2D eigenvalue weighted by Crippen LogP contribution is -2.44. The van der Waals surface area contributed by atoms with Crippen molar-refractivity contribution < 1.29 is 9.53 Å². The number of carbonyl (C=O) groups excluding carboxylic acids is 1. The number of rotatable bonds is 5. The summed E-state index contributed by atoms with van der Waals surface area (Å²) in [5.74, 6) is -0.0274. The fourth-order valence-electron chi connectivity index (χ4n) is 2.71. The van der Waals surface area contributed by atoms with Crippen LogP contribution in [0.25, 0.3) is 0 Å². The van der Waals surface area contributed by atoms with Gasteiger partial charge in [-0.2, -0.15) is 0 Å². The normalized spacial score (nSPS) is 18.1. The molecule has 1 aromatic heterocycles. The zero-order chi connectivity index (χ0) is 17.6. The number of nitrogens with zero attached hydrogens (tertiary/aromatic N) is 2. The minimum Gasteiger partial charge on any atom is -0.371 e. The Morgan fingerprint density at radius 2 is 2.16 bits per heavy atom. The van der Waals surface area contributed by atoms with E-state index in [2.05, 4.69) is 15.2 Å². The van der Waals surface area contributed by atoms with E-state index in [1.54, 1.807) is 12.3 Å². The van der Waals surface area contributed by atoms with Crippen LogP contribution in [-0.4, -0.2) is 42.0 Å². The van der Waals surface area contributed by atoms with Crippen molar-refractivity contribution in [3.63, 3.8) is 0 Å². The van der Waals surface area contributed by atoms with Gasteiger partial charge in [-0.15, -0.1) is 0 Å². The summed E-state index contributed by atoms with van der Waals surface area (Å²) in [6.07, 6.45) is 1.60. The zero-order valence-electron chi connectivity index (χ0n) is 13.6. The molecule has 1 aliphatic heterocycles. The van der Waals surface area contributed by atoms with Gasteiger partial charge in [0.05, 0.1) is 41.5 Å². The van der Waals surface area contributed by atoms with Crippen molar-refractivity contribution in [2.45, 2.75) is 12.6 Å². The predicted octanol–water partition coefficient (Wildman–Crippen LogP) is 3.08. The first-order valence-electron chi connectivity index (χ1n) is 8.07. The number of nitrogens with one attached hydrogen (secondary N) is 1. The maximum absolute atomic E-state index is 12.2. The van der Waals surface area contributed by atoms with Gasteiger partial charge in [0.25, 0.3) is 0 Å². The first-order chi connectivity index (χ1) is 12.1. The molecular formula is C18H19Cl2N3O2. The summed E-state index contributed by atoms with van der Waals surface area (Å²) in [5.41, 5.74) is 1.81. The predicted molar refractivity (Wildman–Crippen MR) is 97.7 cm³/mol. The molecule has 1 amide bonds. The second kappa shape index (κ2) is 8.63. The smallest absolute Gasteiger partial charge is 0.234 e.